The van der Waals surface area contributed by atoms with Crippen LogP contribution in [0.4, 0.5) is 0 Å². The fourth-order valence-electron chi connectivity index (χ4n) is 2.94. The fourth-order valence-corrected chi connectivity index (χ4v) is 3.34. The van der Waals surface area contributed by atoms with E-state index in [0.29, 0.717) is 26.7 Å². The number of benzene rings is 3. The number of carbonyl (C=O) groups excluding carboxylic acids is 2. The zero-order valence-corrected chi connectivity index (χ0v) is 17.8. The van der Waals surface area contributed by atoms with E-state index in [1.54, 1.807) is 72.8 Å². The van der Waals surface area contributed by atoms with Crippen LogP contribution in [0.1, 0.15) is 28.8 Å². The highest BCUT2D eigenvalue weighted by molar-refractivity contribution is 6.31. The zero-order valence-electron chi connectivity index (χ0n) is 16.3. The molecule has 2 amide bonds. The van der Waals surface area contributed by atoms with Crippen molar-refractivity contribution in [2.75, 3.05) is 0 Å². The smallest absolute Gasteiger partial charge is 0.252 e. The summed E-state index contributed by atoms with van der Waals surface area (Å²) in [7, 11) is 0. The molecular formula is C23H20Cl2N4O2. The number of nitrogens with two attached hydrogens (primary N) is 1. The van der Waals surface area contributed by atoms with Crippen molar-refractivity contribution in [3.63, 3.8) is 0 Å². The topological polar surface area (TPSA) is 108 Å². The molecule has 31 heavy (non-hydrogen) atoms. The van der Waals surface area contributed by atoms with Gasteiger partial charge in [-0.3, -0.25) is 15.0 Å². The lowest BCUT2D eigenvalue weighted by Gasteiger charge is -2.22. The lowest BCUT2D eigenvalue weighted by atomic mass is 10.0. The highest BCUT2D eigenvalue weighted by atomic mass is 35.5. The largest absolute Gasteiger partial charge is 0.339 e. The Kier molecular flexibility index (Phi) is 7.41. The van der Waals surface area contributed by atoms with Crippen LogP contribution in [0.2, 0.25) is 10.0 Å². The summed E-state index contributed by atoms with van der Waals surface area (Å²) in [4.78, 5) is 25.9. The van der Waals surface area contributed by atoms with E-state index in [1.807, 2.05) is 6.07 Å². The van der Waals surface area contributed by atoms with E-state index >= 15 is 0 Å². The molecule has 5 N–H and O–H groups in total. The molecule has 0 bridgehead atoms. The summed E-state index contributed by atoms with van der Waals surface area (Å²) in [5.41, 5.74) is 7.58. The van der Waals surface area contributed by atoms with Crippen molar-refractivity contribution in [1.82, 2.24) is 10.6 Å². The first-order chi connectivity index (χ1) is 14.8. The Bertz CT molecular complexity index is 1110. The number of hydrogen-bond acceptors (Lipinski definition) is 4. The molecule has 0 aliphatic heterocycles. The Labute approximate surface area is 189 Å². The van der Waals surface area contributed by atoms with Crippen LogP contribution in [0.3, 0.4) is 0 Å². The molecule has 0 spiro atoms. The van der Waals surface area contributed by atoms with Crippen molar-refractivity contribution in [3.8, 4) is 0 Å². The third kappa shape index (κ3) is 5.92. The summed E-state index contributed by atoms with van der Waals surface area (Å²) in [6, 6.07) is 19.8. The number of halogens is 2. The molecule has 3 aromatic carbocycles. The highest BCUT2D eigenvalue weighted by Crippen LogP contribution is 2.21. The Balaban J connectivity index is 1.83. The monoisotopic (exact) mass is 454 g/mol. The second kappa shape index (κ2) is 10.2. The first-order valence-corrected chi connectivity index (χ1v) is 10.1. The SMILES string of the molecule is N=C(NC(=O)C(NC(=O)C(N)c1cccc(Cl)c1)c1cccc(Cl)c1)c1ccccc1. The van der Waals surface area contributed by atoms with E-state index in [2.05, 4.69) is 10.6 Å². The number of nitrogens with one attached hydrogen (secondary N) is 3. The van der Waals surface area contributed by atoms with Crippen LogP contribution in [0.5, 0.6) is 0 Å². The molecule has 0 saturated carbocycles. The normalized spacial score (nSPS) is 12.5. The Morgan fingerprint density at radius 1 is 0.806 bits per heavy atom. The van der Waals surface area contributed by atoms with Gasteiger partial charge in [-0.15, -0.1) is 0 Å². The van der Waals surface area contributed by atoms with Crippen LogP contribution in [0.25, 0.3) is 0 Å². The minimum atomic E-state index is -1.11. The van der Waals surface area contributed by atoms with Gasteiger partial charge in [0.2, 0.25) is 5.91 Å². The Morgan fingerprint density at radius 3 is 2.00 bits per heavy atom. The van der Waals surface area contributed by atoms with Gasteiger partial charge in [0.1, 0.15) is 17.9 Å². The molecular weight excluding hydrogens is 435 g/mol. The van der Waals surface area contributed by atoms with Gasteiger partial charge in [-0.1, -0.05) is 77.8 Å². The highest BCUT2D eigenvalue weighted by Gasteiger charge is 2.27. The molecule has 0 aliphatic rings. The number of hydrogen-bond donors (Lipinski definition) is 4. The number of carbonyl (C=O) groups is 2. The van der Waals surface area contributed by atoms with Crippen molar-refractivity contribution in [3.05, 3.63) is 106 Å². The summed E-state index contributed by atoms with van der Waals surface area (Å²) in [5, 5.41) is 14.2. The quantitative estimate of drug-likeness (QED) is 0.333. The van der Waals surface area contributed by atoms with Crippen LogP contribution in [-0.4, -0.2) is 17.6 Å². The molecule has 0 aliphatic carbocycles. The molecule has 6 nitrogen and oxygen atoms in total. The van der Waals surface area contributed by atoms with Gasteiger partial charge in [-0.2, -0.15) is 0 Å². The molecule has 2 unspecified atom stereocenters. The van der Waals surface area contributed by atoms with Crippen LogP contribution >= 0.6 is 23.2 Å². The van der Waals surface area contributed by atoms with Gasteiger partial charge in [-0.05, 0) is 35.4 Å². The van der Waals surface area contributed by atoms with Gasteiger partial charge in [0.25, 0.3) is 5.91 Å². The summed E-state index contributed by atoms with van der Waals surface area (Å²) >= 11 is 12.1. The second-order valence-corrected chi connectivity index (χ2v) is 7.63. The van der Waals surface area contributed by atoms with Crippen molar-refractivity contribution in [2.45, 2.75) is 12.1 Å². The summed E-state index contributed by atoms with van der Waals surface area (Å²) < 4.78 is 0. The molecule has 158 valence electrons. The predicted molar refractivity (Wildman–Crippen MR) is 122 cm³/mol. The lowest BCUT2D eigenvalue weighted by Crippen LogP contribution is -2.45. The van der Waals surface area contributed by atoms with E-state index < -0.39 is 23.9 Å². The van der Waals surface area contributed by atoms with Crippen LogP contribution in [0, 0.1) is 5.41 Å². The Morgan fingerprint density at radius 2 is 1.39 bits per heavy atom. The standard InChI is InChI=1S/C23H20Cl2N4O2/c24-17-10-4-8-15(12-17)19(26)22(30)28-20(16-9-5-11-18(25)13-16)23(31)29-21(27)14-6-2-1-3-7-14/h1-13,19-20H,26H2,(H,28,30)(H2,27,29,31). The van der Waals surface area contributed by atoms with Crippen molar-refractivity contribution >= 4 is 40.9 Å². The third-order valence-corrected chi connectivity index (χ3v) is 5.00. The maximum Gasteiger partial charge on any atom is 0.252 e. The van der Waals surface area contributed by atoms with Crippen LogP contribution in [0.15, 0.2) is 78.9 Å². The number of rotatable bonds is 6. The first-order valence-electron chi connectivity index (χ1n) is 9.37. The predicted octanol–water partition coefficient (Wildman–Crippen LogP) is 3.99. The van der Waals surface area contributed by atoms with Gasteiger partial charge < -0.3 is 16.4 Å². The third-order valence-electron chi connectivity index (χ3n) is 4.53. The van der Waals surface area contributed by atoms with Gasteiger partial charge in [0.15, 0.2) is 0 Å². The Hall–Kier alpha value is -3.19. The van der Waals surface area contributed by atoms with Gasteiger partial charge in [0, 0.05) is 15.6 Å². The molecule has 3 aromatic rings. The molecule has 3 rings (SSSR count). The molecule has 0 radical (unpaired) electrons. The maximum atomic E-state index is 13.0. The molecule has 2 atom stereocenters. The first kappa shape index (κ1) is 22.5. The minimum absolute atomic E-state index is 0.0917. The average Bonchev–Trinajstić information content (AvgIpc) is 2.77. The molecule has 0 heterocycles. The van der Waals surface area contributed by atoms with E-state index in [4.69, 9.17) is 34.3 Å². The summed E-state index contributed by atoms with van der Waals surface area (Å²) in [5.74, 6) is -1.26. The van der Waals surface area contributed by atoms with Crippen LogP contribution < -0.4 is 16.4 Å². The van der Waals surface area contributed by atoms with Crippen LogP contribution in [-0.2, 0) is 9.59 Å². The lowest BCUT2D eigenvalue weighted by molar-refractivity contribution is -0.129. The maximum absolute atomic E-state index is 13.0. The van der Waals surface area contributed by atoms with E-state index in [-0.39, 0.29) is 5.84 Å². The van der Waals surface area contributed by atoms with Gasteiger partial charge >= 0.3 is 0 Å². The van der Waals surface area contributed by atoms with Crippen molar-refractivity contribution < 1.29 is 9.59 Å². The molecule has 0 fully saturated rings. The fraction of sp³-hybridized carbons (Fsp3) is 0.0870. The summed E-state index contributed by atoms with van der Waals surface area (Å²) in [6.45, 7) is 0. The minimum Gasteiger partial charge on any atom is -0.339 e. The molecule has 0 aromatic heterocycles. The molecule has 8 heteroatoms. The van der Waals surface area contributed by atoms with Gasteiger partial charge in [0.05, 0.1) is 0 Å². The number of amidine groups is 1. The van der Waals surface area contributed by atoms with E-state index in [9.17, 15) is 9.59 Å². The van der Waals surface area contributed by atoms with Crippen molar-refractivity contribution in [1.29, 1.82) is 5.41 Å². The van der Waals surface area contributed by atoms with Gasteiger partial charge in [-0.25, -0.2) is 0 Å². The molecule has 0 saturated heterocycles. The average molecular weight is 455 g/mol. The summed E-state index contributed by atoms with van der Waals surface area (Å²) in [6.07, 6.45) is 0. The number of amides is 2. The van der Waals surface area contributed by atoms with Crippen molar-refractivity contribution in [2.24, 2.45) is 5.73 Å². The van der Waals surface area contributed by atoms with E-state index in [1.165, 1.54) is 0 Å². The van der Waals surface area contributed by atoms with E-state index in [0.717, 1.165) is 0 Å². The second-order valence-electron chi connectivity index (χ2n) is 6.76. The zero-order chi connectivity index (χ0) is 22.4.